The van der Waals surface area contributed by atoms with Gasteiger partial charge in [0.1, 0.15) is 11.2 Å². The van der Waals surface area contributed by atoms with Crippen molar-refractivity contribution in [3.8, 4) is 50.2 Å². The van der Waals surface area contributed by atoms with Gasteiger partial charge in [-0.3, -0.25) is 0 Å². The van der Waals surface area contributed by atoms with Crippen LogP contribution in [-0.4, -0.2) is 4.57 Å². The first kappa shape index (κ1) is 30.0. The molecule has 11 rings (SSSR count). The highest BCUT2D eigenvalue weighted by molar-refractivity contribution is 6.13. The Hall–Kier alpha value is -6.64. The van der Waals surface area contributed by atoms with Gasteiger partial charge in [-0.2, -0.15) is 0 Å². The van der Waals surface area contributed by atoms with E-state index >= 15 is 0 Å². The van der Waals surface area contributed by atoms with E-state index in [9.17, 15) is 0 Å². The number of para-hydroxylation sites is 1. The molecule has 2 heterocycles. The van der Waals surface area contributed by atoms with Gasteiger partial charge < -0.3 is 8.98 Å². The van der Waals surface area contributed by atoms with Crippen LogP contribution < -0.4 is 0 Å². The SMILES string of the molecule is CC1(C)c2ccccc2-c2cc3c4ccccc4n(-c4ccc5oc6ccc(-c7cc(-c8ccccc8)cc(-c8ccccc8)c7)cc6c5c4)c3cc21. The van der Waals surface area contributed by atoms with Crippen molar-refractivity contribution in [1.29, 1.82) is 0 Å². The zero-order valence-electron chi connectivity index (χ0n) is 29.6. The molecule has 0 amide bonds. The Morgan fingerprint density at radius 1 is 0.377 bits per heavy atom. The van der Waals surface area contributed by atoms with E-state index in [-0.39, 0.29) is 5.41 Å². The van der Waals surface area contributed by atoms with E-state index < -0.39 is 0 Å². The van der Waals surface area contributed by atoms with Gasteiger partial charge in [-0.1, -0.05) is 123 Å². The third-order valence-corrected chi connectivity index (χ3v) is 11.6. The summed E-state index contributed by atoms with van der Waals surface area (Å²) in [5, 5.41) is 4.77. The monoisotopic (exact) mass is 677 g/mol. The summed E-state index contributed by atoms with van der Waals surface area (Å²) in [4.78, 5) is 0. The number of furan rings is 1. The van der Waals surface area contributed by atoms with Crippen LogP contribution in [0.5, 0.6) is 0 Å². The first-order chi connectivity index (χ1) is 26.0. The molecule has 0 N–H and O–H groups in total. The normalized spacial score (nSPS) is 13.2. The maximum atomic E-state index is 6.49. The minimum atomic E-state index is -0.0826. The van der Waals surface area contributed by atoms with Gasteiger partial charge in [0.2, 0.25) is 0 Å². The van der Waals surface area contributed by atoms with E-state index in [0.717, 1.165) is 33.2 Å². The molecule has 8 aromatic carbocycles. The third-order valence-electron chi connectivity index (χ3n) is 11.6. The predicted octanol–water partition coefficient (Wildman–Crippen LogP) is 14.0. The van der Waals surface area contributed by atoms with Crippen LogP contribution in [0.1, 0.15) is 25.0 Å². The van der Waals surface area contributed by atoms with Crippen molar-refractivity contribution >= 4 is 43.7 Å². The zero-order valence-corrected chi connectivity index (χ0v) is 29.6. The Bertz CT molecular complexity index is 3010. The average molecular weight is 678 g/mol. The number of nitrogens with zero attached hydrogens (tertiary/aromatic N) is 1. The molecule has 0 bridgehead atoms. The summed E-state index contributed by atoms with van der Waals surface area (Å²) in [5.41, 5.74) is 17.9. The largest absolute Gasteiger partial charge is 0.456 e. The van der Waals surface area contributed by atoms with Gasteiger partial charge in [0.05, 0.1) is 11.0 Å². The smallest absolute Gasteiger partial charge is 0.135 e. The molecule has 250 valence electrons. The van der Waals surface area contributed by atoms with E-state index in [1.54, 1.807) is 0 Å². The maximum absolute atomic E-state index is 6.49. The molecule has 53 heavy (non-hydrogen) atoms. The molecule has 0 fully saturated rings. The number of hydrogen-bond donors (Lipinski definition) is 0. The number of aromatic nitrogens is 1. The highest BCUT2D eigenvalue weighted by Gasteiger charge is 2.36. The molecule has 0 aliphatic heterocycles. The lowest BCUT2D eigenvalue weighted by atomic mass is 9.82. The Morgan fingerprint density at radius 3 is 1.72 bits per heavy atom. The van der Waals surface area contributed by atoms with Crippen molar-refractivity contribution in [3.05, 3.63) is 187 Å². The maximum Gasteiger partial charge on any atom is 0.135 e. The first-order valence-corrected chi connectivity index (χ1v) is 18.4. The fourth-order valence-electron chi connectivity index (χ4n) is 8.91. The molecule has 0 unspecified atom stereocenters. The number of benzene rings is 8. The zero-order chi connectivity index (χ0) is 35.3. The summed E-state index contributed by atoms with van der Waals surface area (Å²) in [6, 6.07) is 64.1. The fourth-order valence-corrected chi connectivity index (χ4v) is 8.91. The Kier molecular flexibility index (Phi) is 6.33. The van der Waals surface area contributed by atoms with Crippen LogP contribution in [-0.2, 0) is 5.41 Å². The van der Waals surface area contributed by atoms with Gasteiger partial charge in [-0.15, -0.1) is 0 Å². The van der Waals surface area contributed by atoms with Crippen LogP contribution in [0.2, 0.25) is 0 Å². The van der Waals surface area contributed by atoms with Crippen molar-refractivity contribution in [2.45, 2.75) is 19.3 Å². The molecule has 0 atom stereocenters. The Morgan fingerprint density at radius 2 is 0.981 bits per heavy atom. The second kappa shape index (κ2) is 11.2. The van der Waals surface area contributed by atoms with Gasteiger partial charge in [-0.05, 0) is 122 Å². The van der Waals surface area contributed by atoms with Gasteiger partial charge in [0.25, 0.3) is 0 Å². The number of rotatable bonds is 4. The van der Waals surface area contributed by atoms with Crippen molar-refractivity contribution in [3.63, 3.8) is 0 Å². The predicted molar refractivity (Wildman–Crippen MR) is 222 cm³/mol. The minimum Gasteiger partial charge on any atom is -0.456 e. The van der Waals surface area contributed by atoms with Gasteiger partial charge >= 0.3 is 0 Å². The topological polar surface area (TPSA) is 18.1 Å². The lowest BCUT2D eigenvalue weighted by Crippen LogP contribution is -2.14. The molecule has 0 radical (unpaired) electrons. The molecule has 1 aliphatic rings. The van der Waals surface area contributed by atoms with Crippen LogP contribution in [0.15, 0.2) is 180 Å². The van der Waals surface area contributed by atoms with Crippen molar-refractivity contribution in [2.75, 3.05) is 0 Å². The summed E-state index contributed by atoms with van der Waals surface area (Å²) in [6.07, 6.45) is 0. The van der Waals surface area contributed by atoms with Crippen LogP contribution >= 0.6 is 0 Å². The first-order valence-electron chi connectivity index (χ1n) is 18.4. The molecule has 2 nitrogen and oxygen atoms in total. The van der Waals surface area contributed by atoms with Crippen LogP contribution in [0, 0.1) is 0 Å². The van der Waals surface area contributed by atoms with E-state index in [2.05, 4.69) is 194 Å². The molecule has 1 aliphatic carbocycles. The Labute approximate surface area is 308 Å². The summed E-state index contributed by atoms with van der Waals surface area (Å²) >= 11 is 0. The van der Waals surface area contributed by atoms with E-state index in [1.807, 2.05) is 0 Å². The summed E-state index contributed by atoms with van der Waals surface area (Å²) in [5.74, 6) is 0. The molecule has 10 aromatic rings. The van der Waals surface area contributed by atoms with Gasteiger partial charge in [-0.25, -0.2) is 0 Å². The molecule has 0 saturated heterocycles. The highest BCUT2D eigenvalue weighted by Crippen LogP contribution is 2.51. The second-order valence-electron chi connectivity index (χ2n) is 15.0. The van der Waals surface area contributed by atoms with Crippen molar-refractivity contribution < 1.29 is 4.42 Å². The van der Waals surface area contributed by atoms with Crippen molar-refractivity contribution in [1.82, 2.24) is 4.57 Å². The summed E-state index contributed by atoms with van der Waals surface area (Å²) < 4.78 is 8.94. The van der Waals surface area contributed by atoms with Crippen LogP contribution in [0.25, 0.3) is 93.9 Å². The highest BCUT2D eigenvalue weighted by atomic mass is 16.3. The van der Waals surface area contributed by atoms with E-state index in [0.29, 0.717) is 0 Å². The molecule has 2 heteroatoms. The van der Waals surface area contributed by atoms with Crippen LogP contribution in [0.4, 0.5) is 0 Å². The number of fused-ring (bicyclic) bond motifs is 9. The summed E-state index contributed by atoms with van der Waals surface area (Å²) in [6.45, 7) is 4.71. The van der Waals surface area contributed by atoms with Crippen LogP contribution in [0.3, 0.4) is 0 Å². The lowest BCUT2D eigenvalue weighted by Gasteiger charge is -2.21. The fraction of sp³-hybridized carbons (Fsp3) is 0.0588. The molecule has 2 aromatic heterocycles. The van der Waals surface area contributed by atoms with E-state index in [1.165, 1.54) is 71.9 Å². The minimum absolute atomic E-state index is 0.0826. The van der Waals surface area contributed by atoms with Gasteiger partial charge in [0, 0.05) is 32.6 Å². The van der Waals surface area contributed by atoms with Gasteiger partial charge in [0.15, 0.2) is 0 Å². The molecular formula is C51H35NO. The lowest BCUT2D eigenvalue weighted by molar-refractivity contribution is 0.661. The second-order valence-corrected chi connectivity index (χ2v) is 15.0. The average Bonchev–Trinajstić information content (AvgIpc) is 3.82. The third kappa shape index (κ3) is 4.52. The van der Waals surface area contributed by atoms with Crippen molar-refractivity contribution in [2.24, 2.45) is 0 Å². The summed E-state index contributed by atoms with van der Waals surface area (Å²) in [7, 11) is 0. The Balaban J connectivity index is 1.11. The van der Waals surface area contributed by atoms with E-state index in [4.69, 9.17) is 4.42 Å². The standard InChI is InChI=1S/C51H35NO/c1-51(2)45-19-11-9-17-39(45)41-30-42-40-18-10-12-20-47(40)52(48(42)31-46(41)51)38-22-24-50-44(29-38)43-28-34(21-23-49(43)53-50)37-26-35(32-13-5-3-6-14-32)25-36(27-37)33-15-7-4-8-16-33/h3-31H,1-2H3. The quantitative estimate of drug-likeness (QED) is 0.181. The molecule has 0 spiro atoms. The molecular weight excluding hydrogens is 643 g/mol. The number of hydrogen-bond acceptors (Lipinski definition) is 1. The molecule has 0 saturated carbocycles.